The minimum atomic E-state index is -0.0535. The Morgan fingerprint density at radius 2 is 2.29 bits per heavy atom. The van der Waals surface area contributed by atoms with Crippen LogP contribution in [0.25, 0.3) is 5.69 Å². The van der Waals surface area contributed by atoms with Gasteiger partial charge in [-0.15, -0.1) is 5.10 Å². The maximum Gasteiger partial charge on any atom is 0.276 e. The minimum Gasteiger partial charge on any atom is -0.334 e. The molecule has 1 fully saturated rings. The number of rotatable bonds is 2. The fraction of sp³-hybridized carbons (Fsp3) is 0.400. The quantitative estimate of drug-likeness (QED) is 0.894. The van der Waals surface area contributed by atoms with Crippen LogP contribution in [0.15, 0.2) is 30.5 Å². The molecule has 0 bridgehead atoms. The van der Waals surface area contributed by atoms with Gasteiger partial charge in [0.2, 0.25) is 0 Å². The number of carbonyl (C=O) groups is 1. The minimum absolute atomic E-state index is 0.0535. The van der Waals surface area contributed by atoms with E-state index in [1.165, 1.54) is 0 Å². The first-order valence-corrected chi connectivity index (χ1v) is 7.15. The van der Waals surface area contributed by atoms with Crippen LogP contribution in [0.3, 0.4) is 0 Å². The highest BCUT2D eigenvalue weighted by atomic mass is 16.2. The monoisotopic (exact) mass is 285 g/mol. The lowest BCUT2D eigenvalue weighted by molar-refractivity contribution is 0.0703. The van der Waals surface area contributed by atoms with Crippen LogP contribution < -0.4 is 5.32 Å². The van der Waals surface area contributed by atoms with E-state index in [1.54, 1.807) is 10.9 Å². The lowest BCUT2D eigenvalue weighted by Crippen LogP contribution is -2.51. The molecule has 21 heavy (non-hydrogen) atoms. The van der Waals surface area contributed by atoms with Crippen LogP contribution in [0, 0.1) is 6.92 Å². The molecule has 6 nitrogen and oxygen atoms in total. The van der Waals surface area contributed by atoms with E-state index in [4.69, 9.17) is 0 Å². The molecule has 3 rings (SSSR count). The molecule has 1 saturated heterocycles. The van der Waals surface area contributed by atoms with Gasteiger partial charge in [-0.2, -0.15) is 0 Å². The van der Waals surface area contributed by atoms with Crippen molar-refractivity contribution in [2.75, 3.05) is 19.6 Å². The van der Waals surface area contributed by atoms with Gasteiger partial charge in [0.15, 0.2) is 5.69 Å². The average molecular weight is 285 g/mol. The molecule has 2 heterocycles. The van der Waals surface area contributed by atoms with Crippen LogP contribution >= 0.6 is 0 Å². The highest BCUT2D eigenvalue weighted by molar-refractivity contribution is 5.92. The molecule has 1 aliphatic rings. The summed E-state index contributed by atoms with van der Waals surface area (Å²) < 4.78 is 1.64. The lowest BCUT2D eigenvalue weighted by Gasteiger charge is -2.31. The first-order valence-electron chi connectivity index (χ1n) is 7.15. The third-order valence-electron chi connectivity index (χ3n) is 3.63. The Morgan fingerprint density at radius 3 is 3.05 bits per heavy atom. The molecule has 0 saturated carbocycles. The fourth-order valence-electron chi connectivity index (χ4n) is 2.54. The van der Waals surface area contributed by atoms with Gasteiger partial charge < -0.3 is 10.2 Å². The zero-order valence-electron chi connectivity index (χ0n) is 12.3. The number of aromatic nitrogens is 3. The summed E-state index contributed by atoms with van der Waals surface area (Å²) in [5, 5.41) is 11.4. The summed E-state index contributed by atoms with van der Waals surface area (Å²) in [6.45, 7) is 6.33. The zero-order chi connectivity index (χ0) is 14.8. The van der Waals surface area contributed by atoms with Crippen molar-refractivity contribution in [1.82, 2.24) is 25.2 Å². The highest BCUT2D eigenvalue weighted by Gasteiger charge is 2.23. The van der Waals surface area contributed by atoms with Crippen LogP contribution in [0.1, 0.15) is 23.0 Å². The van der Waals surface area contributed by atoms with Gasteiger partial charge in [-0.05, 0) is 31.5 Å². The molecule has 1 aromatic carbocycles. The van der Waals surface area contributed by atoms with E-state index < -0.39 is 0 Å². The number of aryl methyl sites for hydroxylation is 1. The molecule has 110 valence electrons. The largest absolute Gasteiger partial charge is 0.334 e. The van der Waals surface area contributed by atoms with Gasteiger partial charge in [-0.25, -0.2) is 4.68 Å². The predicted molar refractivity (Wildman–Crippen MR) is 79.5 cm³/mol. The Labute approximate surface area is 123 Å². The smallest absolute Gasteiger partial charge is 0.276 e. The van der Waals surface area contributed by atoms with Crippen LogP contribution in [-0.2, 0) is 0 Å². The van der Waals surface area contributed by atoms with Gasteiger partial charge in [0.25, 0.3) is 5.91 Å². The standard InChI is InChI=1S/C15H19N5O/c1-11-4-3-5-13(8-11)20-10-14(17-18-20)15(21)19-7-6-16-12(2)9-19/h3-5,8,10,12,16H,6-7,9H2,1-2H3/t12-/m1/s1. The van der Waals surface area contributed by atoms with Gasteiger partial charge in [-0.1, -0.05) is 17.3 Å². The van der Waals surface area contributed by atoms with Crippen molar-refractivity contribution in [3.8, 4) is 5.69 Å². The van der Waals surface area contributed by atoms with Crippen LogP contribution in [-0.4, -0.2) is 51.5 Å². The van der Waals surface area contributed by atoms with Crippen molar-refractivity contribution in [1.29, 1.82) is 0 Å². The number of hydrogen-bond acceptors (Lipinski definition) is 4. The molecule has 1 aliphatic heterocycles. The lowest BCUT2D eigenvalue weighted by atomic mass is 10.2. The molecule has 0 radical (unpaired) electrons. The Hall–Kier alpha value is -2.21. The van der Waals surface area contributed by atoms with E-state index in [0.29, 0.717) is 24.8 Å². The van der Waals surface area contributed by atoms with Crippen LogP contribution in [0.2, 0.25) is 0 Å². The third kappa shape index (κ3) is 2.95. The Balaban J connectivity index is 1.80. The van der Waals surface area contributed by atoms with Crippen molar-refractivity contribution in [2.24, 2.45) is 0 Å². The Kier molecular flexibility index (Phi) is 3.70. The van der Waals surface area contributed by atoms with Gasteiger partial charge in [0.1, 0.15) is 0 Å². The molecule has 0 spiro atoms. The predicted octanol–water partition coefficient (Wildman–Crippen LogP) is 1.01. The van der Waals surface area contributed by atoms with E-state index in [1.807, 2.05) is 36.1 Å². The summed E-state index contributed by atoms with van der Waals surface area (Å²) in [6, 6.07) is 8.26. The summed E-state index contributed by atoms with van der Waals surface area (Å²) in [5.41, 5.74) is 2.45. The zero-order valence-corrected chi connectivity index (χ0v) is 12.3. The van der Waals surface area contributed by atoms with E-state index in [0.717, 1.165) is 17.8 Å². The van der Waals surface area contributed by atoms with E-state index in [2.05, 4.69) is 22.6 Å². The molecule has 6 heteroatoms. The van der Waals surface area contributed by atoms with E-state index >= 15 is 0 Å². The summed E-state index contributed by atoms with van der Waals surface area (Å²) in [4.78, 5) is 14.3. The maximum absolute atomic E-state index is 12.4. The molecular weight excluding hydrogens is 266 g/mol. The summed E-state index contributed by atoms with van der Waals surface area (Å²) >= 11 is 0. The van der Waals surface area contributed by atoms with Crippen molar-refractivity contribution in [3.05, 3.63) is 41.7 Å². The van der Waals surface area contributed by atoms with Crippen molar-refractivity contribution in [2.45, 2.75) is 19.9 Å². The number of hydrogen-bond donors (Lipinski definition) is 1. The molecular formula is C15H19N5O. The second kappa shape index (κ2) is 5.65. The summed E-state index contributed by atoms with van der Waals surface area (Å²) in [7, 11) is 0. The molecule has 1 amide bonds. The van der Waals surface area contributed by atoms with E-state index in [-0.39, 0.29) is 5.91 Å². The summed E-state index contributed by atoms with van der Waals surface area (Å²) in [5.74, 6) is -0.0535. The number of benzene rings is 1. The first-order chi connectivity index (χ1) is 10.1. The van der Waals surface area contributed by atoms with Crippen molar-refractivity contribution >= 4 is 5.91 Å². The maximum atomic E-state index is 12.4. The van der Waals surface area contributed by atoms with Crippen LogP contribution in [0.4, 0.5) is 0 Å². The summed E-state index contributed by atoms with van der Waals surface area (Å²) in [6.07, 6.45) is 1.70. The van der Waals surface area contributed by atoms with Gasteiger partial charge >= 0.3 is 0 Å². The number of carbonyl (C=O) groups excluding carboxylic acids is 1. The number of piperazine rings is 1. The first kappa shape index (κ1) is 13.8. The number of amides is 1. The molecule has 0 aliphatic carbocycles. The topological polar surface area (TPSA) is 63.1 Å². The second-order valence-electron chi connectivity index (χ2n) is 5.49. The Morgan fingerprint density at radius 1 is 1.43 bits per heavy atom. The van der Waals surface area contributed by atoms with Gasteiger partial charge in [0.05, 0.1) is 11.9 Å². The van der Waals surface area contributed by atoms with Crippen LogP contribution in [0.5, 0.6) is 0 Å². The SMILES string of the molecule is Cc1cccc(-n2cc(C(=O)N3CCN[C@H](C)C3)nn2)c1. The van der Waals surface area contributed by atoms with E-state index in [9.17, 15) is 4.79 Å². The van der Waals surface area contributed by atoms with Gasteiger partial charge in [0, 0.05) is 25.7 Å². The highest BCUT2D eigenvalue weighted by Crippen LogP contribution is 2.11. The average Bonchev–Trinajstić information content (AvgIpc) is 2.96. The fourth-order valence-corrected chi connectivity index (χ4v) is 2.54. The molecule has 2 aromatic rings. The third-order valence-corrected chi connectivity index (χ3v) is 3.63. The van der Waals surface area contributed by atoms with Crippen molar-refractivity contribution in [3.63, 3.8) is 0 Å². The second-order valence-corrected chi connectivity index (χ2v) is 5.49. The number of nitrogens with zero attached hydrogens (tertiary/aromatic N) is 4. The Bertz CT molecular complexity index is 651. The number of nitrogens with one attached hydrogen (secondary N) is 1. The normalized spacial score (nSPS) is 18.8. The molecule has 0 unspecified atom stereocenters. The van der Waals surface area contributed by atoms with Crippen molar-refractivity contribution < 1.29 is 4.79 Å². The molecule has 1 atom stereocenters. The molecule has 1 N–H and O–H groups in total. The molecule has 1 aromatic heterocycles. The van der Waals surface area contributed by atoms with Gasteiger partial charge in [-0.3, -0.25) is 4.79 Å².